The van der Waals surface area contributed by atoms with Crippen molar-refractivity contribution in [2.24, 2.45) is 0 Å². The predicted octanol–water partition coefficient (Wildman–Crippen LogP) is 7.31. The number of aromatic nitrogens is 2. The Morgan fingerprint density at radius 1 is 1.00 bits per heavy atom. The number of anilines is 1. The number of carbonyl (C=O) groups is 1. The highest BCUT2D eigenvalue weighted by Gasteiger charge is 2.12. The number of oxazole rings is 1. The number of aryl methyl sites for hydroxylation is 1. The number of hydrogen-bond donors (Lipinski definition) is 1. The Balaban J connectivity index is 1.18. The summed E-state index contributed by atoms with van der Waals surface area (Å²) in [5.41, 5.74) is 4.15. The smallest absolute Gasteiger partial charge is 0.226 e. The molecule has 5 nitrogen and oxygen atoms in total. The van der Waals surface area contributed by atoms with E-state index in [0.717, 1.165) is 16.8 Å². The average molecular weight is 468 g/mol. The Morgan fingerprint density at radius 3 is 2.56 bits per heavy atom. The van der Waals surface area contributed by atoms with Gasteiger partial charge in [0.2, 0.25) is 5.91 Å². The Hall–Kier alpha value is -3.77. The first-order valence-corrected chi connectivity index (χ1v) is 12.2. The Labute approximate surface area is 202 Å². The zero-order valence-electron chi connectivity index (χ0n) is 19.1. The van der Waals surface area contributed by atoms with Crippen molar-refractivity contribution in [2.75, 3.05) is 5.32 Å². The highest BCUT2D eigenvalue weighted by atomic mass is 32.1. The molecule has 0 saturated heterocycles. The summed E-state index contributed by atoms with van der Waals surface area (Å²) in [5, 5.41) is 7.80. The molecule has 0 aliphatic rings. The summed E-state index contributed by atoms with van der Waals surface area (Å²) in [6.45, 7) is 4.34. The van der Waals surface area contributed by atoms with Crippen molar-refractivity contribution in [3.63, 3.8) is 0 Å². The topological polar surface area (TPSA) is 68.0 Å². The number of amides is 1. The fraction of sp³-hybridized carbons (Fsp3) is 0.179. The van der Waals surface area contributed by atoms with E-state index in [1.165, 1.54) is 27.7 Å². The van der Waals surface area contributed by atoms with E-state index in [0.29, 0.717) is 29.1 Å². The monoisotopic (exact) mass is 467 g/mol. The van der Waals surface area contributed by atoms with Gasteiger partial charge in [-0.05, 0) is 28.3 Å². The van der Waals surface area contributed by atoms with Crippen LogP contribution >= 0.6 is 11.3 Å². The van der Waals surface area contributed by atoms with Gasteiger partial charge in [0.05, 0.1) is 11.9 Å². The third kappa shape index (κ3) is 4.92. The summed E-state index contributed by atoms with van der Waals surface area (Å²) in [4.78, 5) is 21.4. The number of rotatable bonds is 7. The Morgan fingerprint density at radius 2 is 1.76 bits per heavy atom. The first-order valence-electron chi connectivity index (χ1n) is 11.3. The molecule has 0 aliphatic heterocycles. The molecule has 1 N–H and O–H groups in total. The second-order valence-electron chi connectivity index (χ2n) is 8.54. The SMILES string of the molecule is CC(C)c1ccc(-c2cnc(CCC(=O)Nc3nc(-c4ccc5ccccc5c4)cs3)o2)cc1. The van der Waals surface area contributed by atoms with Crippen LogP contribution in [0.15, 0.2) is 82.7 Å². The Bertz CT molecular complexity index is 1430. The highest BCUT2D eigenvalue weighted by Crippen LogP contribution is 2.28. The maximum absolute atomic E-state index is 12.5. The minimum atomic E-state index is -0.111. The molecule has 0 atom stereocenters. The largest absolute Gasteiger partial charge is 0.441 e. The second kappa shape index (κ2) is 9.61. The fourth-order valence-electron chi connectivity index (χ4n) is 3.81. The van der Waals surface area contributed by atoms with Crippen LogP contribution in [0.4, 0.5) is 5.13 Å². The summed E-state index contributed by atoms with van der Waals surface area (Å²) in [6.07, 6.45) is 2.42. The van der Waals surface area contributed by atoms with E-state index in [-0.39, 0.29) is 12.3 Å². The minimum absolute atomic E-state index is 0.111. The first-order chi connectivity index (χ1) is 16.5. The molecule has 5 rings (SSSR count). The molecular formula is C28H25N3O2S. The molecule has 0 bridgehead atoms. The van der Waals surface area contributed by atoms with E-state index in [1.54, 1.807) is 6.20 Å². The minimum Gasteiger partial charge on any atom is -0.441 e. The van der Waals surface area contributed by atoms with Crippen LogP contribution in [0.1, 0.15) is 37.6 Å². The molecule has 0 aliphatic carbocycles. The molecule has 2 heterocycles. The molecule has 0 spiro atoms. The van der Waals surface area contributed by atoms with Crippen LogP contribution in [0.5, 0.6) is 0 Å². The van der Waals surface area contributed by atoms with Crippen molar-refractivity contribution in [3.8, 4) is 22.6 Å². The normalized spacial score (nSPS) is 11.3. The van der Waals surface area contributed by atoms with Crippen molar-refractivity contribution in [1.82, 2.24) is 9.97 Å². The van der Waals surface area contributed by atoms with Gasteiger partial charge in [0, 0.05) is 29.3 Å². The van der Waals surface area contributed by atoms with Crippen LogP contribution < -0.4 is 5.32 Å². The van der Waals surface area contributed by atoms with Gasteiger partial charge in [0.25, 0.3) is 0 Å². The molecule has 3 aromatic carbocycles. The van der Waals surface area contributed by atoms with Crippen LogP contribution in [0.25, 0.3) is 33.4 Å². The van der Waals surface area contributed by atoms with Crippen LogP contribution in [0.2, 0.25) is 0 Å². The maximum atomic E-state index is 12.5. The maximum Gasteiger partial charge on any atom is 0.226 e. The van der Waals surface area contributed by atoms with Crippen molar-refractivity contribution in [2.45, 2.75) is 32.6 Å². The number of hydrogen-bond acceptors (Lipinski definition) is 5. The highest BCUT2D eigenvalue weighted by molar-refractivity contribution is 7.14. The van der Waals surface area contributed by atoms with Crippen LogP contribution in [0, 0.1) is 0 Å². The van der Waals surface area contributed by atoms with Crippen LogP contribution in [0.3, 0.4) is 0 Å². The molecule has 0 unspecified atom stereocenters. The van der Waals surface area contributed by atoms with Gasteiger partial charge in [0.15, 0.2) is 16.8 Å². The van der Waals surface area contributed by atoms with Crippen molar-refractivity contribution in [3.05, 3.63) is 89.8 Å². The van der Waals surface area contributed by atoms with E-state index in [4.69, 9.17) is 4.42 Å². The summed E-state index contributed by atoms with van der Waals surface area (Å²) in [5.74, 6) is 1.64. The second-order valence-corrected chi connectivity index (χ2v) is 9.40. The van der Waals surface area contributed by atoms with Gasteiger partial charge in [0.1, 0.15) is 0 Å². The molecule has 34 heavy (non-hydrogen) atoms. The van der Waals surface area contributed by atoms with E-state index < -0.39 is 0 Å². The molecule has 170 valence electrons. The lowest BCUT2D eigenvalue weighted by Crippen LogP contribution is -2.12. The number of fused-ring (bicyclic) bond motifs is 1. The molecule has 0 saturated carbocycles. The number of nitrogens with one attached hydrogen (secondary N) is 1. The molecule has 0 fully saturated rings. The van der Waals surface area contributed by atoms with Crippen LogP contribution in [-0.2, 0) is 11.2 Å². The Kier molecular flexibility index (Phi) is 6.23. The zero-order chi connectivity index (χ0) is 23.5. The van der Waals surface area contributed by atoms with Gasteiger partial charge in [-0.1, -0.05) is 74.5 Å². The summed E-state index contributed by atoms with van der Waals surface area (Å²) in [6, 6.07) is 22.8. The predicted molar refractivity (Wildman–Crippen MR) is 138 cm³/mol. The summed E-state index contributed by atoms with van der Waals surface area (Å²) < 4.78 is 5.86. The first kappa shape index (κ1) is 22.0. The van der Waals surface area contributed by atoms with Crippen molar-refractivity contribution >= 4 is 33.1 Å². The van der Waals surface area contributed by atoms with Gasteiger partial charge in [-0.2, -0.15) is 0 Å². The van der Waals surface area contributed by atoms with Gasteiger partial charge >= 0.3 is 0 Å². The van der Waals surface area contributed by atoms with Gasteiger partial charge < -0.3 is 9.73 Å². The third-order valence-electron chi connectivity index (χ3n) is 5.78. The quantitative estimate of drug-likeness (QED) is 0.272. The van der Waals surface area contributed by atoms with E-state index in [9.17, 15) is 4.79 Å². The number of nitrogens with zero attached hydrogens (tertiary/aromatic N) is 2. The molecular weight excluding hydrogens is 442 g/mol. The number of carbonyl (C=O) groups excluding carboxylic acids is 1. The summed E-state index contributed by atoms with van der Waals surface area (Å²) in [7, 11) is 0. The summed E-state index contributed by atoms with van der Waals surface area (Å²) >= 11 is 1.42. The van der Waals surface area contributed by atoms with Crippen molar-refractivity contribution < 1.29 is 9.21 Å². The standard InChI is InChI=1S/C28H25N3O2S/c1-18(2)19-7-10-21(11-8-19)25-16-29-27(33-25)14-13-26(32)31-28-30-24(17-34-28)23-12-9-20-5-3-4-6-22(20)15-23/h3-12,15-18H,13-14H2,1-2H3,(H,30,31,32). The van der Waals surface area contributed by atoms with Gasteiger partial charge in [-0.3, -0.25) is 4.79 Å². The van der Waals surface area contributed by atoms with E-state index in [2.05, 4.69) is 71.6 Å². The fourth-order valence-corrected chi connectivity index (χ4v) is 4.54. The third-order valence-corrected chi connectivity index (χ3v) is 6.53. The lowest BCUT2D eigenvalue weighted by Gasteiger charge is -2.05. The number of thiazole rings is 1. The molecule has 5 aromatic rings. The van der Waals surface area contributed by atoms with E-state index in [1.807, 2.05) is 29.6 Å². The number of benzene rings is 3. The molecule has 1 amide bonds. The lowest BCUT2D eigenvalue weighted by atomic mass is 10.0. The van der Waals surface area contributed by atoms with Crippen LogP contribution in [-0.4, -0.2) is 15.9 Å². The lowest BCUT2D eigenvalue weighted by molar-refractivity contribution is -0.116. The van der Waals surface area contributed by atoms with Gasteiger partial charge in [-0.25, -0.2) is 9.97 Å². The van der Waals surface area contributed by atoms with Gasteiger partial charge in [-0.15, -0.1) is 11.3 Å². The average Bonchev–Trinajstić information content (AvgIpc) is 3.52. The molecule has 2 aromatic heterocycles. The molecule has 6 heteroatoms. The van der Waals surface area contributed by atoms with E-state index >= 15 is 0 Å². The zero-order valence-corrected chi connectivity index (χ0v) is 19.9. The van der Waals surface area contributed by atoms with Crippen molar-refractivity contribution in [1.29, 1.82) is 0 Å². The molecule has 0 radical (unpaired) electrons.